The van der Waals surface area contributed by atoms with Crippen LogP contribution in [0.5, 0.6) is 5.75 Å². The molecule has 26 heavy (non-hydrogen) atoms. The van der Waals surface area contributed by atoms with Crippen molar-refractivity contribution in [1.29, 1.82) is 0 Å². The lowest BCUT2D eigenvalue weighted by atomic mass is 10.1. The number of Topliss-reactive ketones (excluding diaryl/α,β-unsaturated/α-hetero) is 1. The van der Waals surface area contributed by atoms with Gasteiger partial charge in [-0.05, 0) is 51.0 Å². The highest BCUT2D eigenvalue weighted by atomic mass is 16.5. The second-order valence-electron chi connectivity index (χ2n) is 6.91. The Bertz CT molecular complexity index is 689. The van der Waals surface area contributed by atoms with Gasteiger partial charge in [-0.1, -0.05) is 0 Å². The molecule has 0 aliphatic carbocycles. The van der Waals surface area contributed by atoms with Crippen molar-refractivity contribution < 1.29 is 19.1 Å². The fraction of sp³-hybridized carbons (Fsp3) is 0.526. The standard InChI is InChI=1S/C19H25N3O4/c1-13-18(24)22(19(25)20-13)16-8-10-21(12-16)9-3-11-26-17-6-4-15(5-7-17)14(2)23/h4-7,13,16H,3,8-12H2,1-2H3,(H,20,25). The Kier molecular flexibility index (Phi) is 5.56. The first-order valence-electron chi connectivity index (χ1n) is 9.05. The monoisotopic (exact) mass is 359 g/mol. The Morgan fingerprint density at radius 1 is 1.27 bits per heavy atom. The van der Waals surface area contributed by atoms with E-state index in [1.54, 1.807) is 38.1 Å². The summed E-state index contributed by atoms with van der Waals surface area (Å²) in [6, 6.07) is 6.42. The van der Waals surface area contributed by atoms with E-state index in [1.807, 2.05) is 0 Å². The zero-order valence-electron chi connectivity index (χ0n) is 15.2. The highest BCUT2D eigenvalue weighted by Gasteiger charge is 2.41. The first-order valence-corrected chi connectivity index (χ1v) is 9.05. The van der Waals surface area contributed by atoms with Crippen LogP contribution in [0, 0.1) is 0 Å². The summed E-state index contributed by atoms with van der Waals surface area (Å²) in [7, 11) is 0. The average Bonchev–Trinajstić information content (AvgIpc) is 3.16. The van der Waals surface area contributed by atoms with Crippen LogP contribution in [-0.2, 0) is 4.79 Å². The largest absolute Gasteiger partial charge is 0.494 e. The third-order valence-corrected chi connectivity index (χ3v) is 4.93. The molecule has 2 atom stereocenters. The molecule has 0 bridgehead atoms. The average molecular weight is 359 g/mol. The summed E-state index contributed by atoms with van der Waals surface area (Å²) < 4.78 is 5.71. The van der Waals surface area contributed by atoms with Gasteiger partial charge in [0.1, 0.15) is 11.8 Å². The number of likely N-dealkylation sites (tertiary alicyclic amines) is 1. The first-order chi connectivity index (χ1) is 12.5. The number of imide groups is 1. The minimum atomic E-state index is -0.417. The van der Waals surface area contributed by atoms with E-state index >= 15 is 0 Å². The Labute approximate surface area is 153 Å². The summed E-state index contributed by atoms with van der Waals surface area (Å²) in [5.41, 5.74) is 0.676. The number of rotatable bonds is 7. The Morgan fingerprint density at radius 2 is 2.00 bits per heavy atom. The highest BCUT2D eigenvalue weighted by molar-refractivity contribution is 6.04. The van der Waals surface area contributed by atoms with Gasteiger partial charge in [-0.25, -0.2) is 4.79 Å². The smallest absolute Gasteiger partial charge is 0.325 e. The van der Waals surface area contributed by atoms with Crippen molar-refractivity contribution in [2.75, 3.05) is 26.2 Å². The summed E-state index contributed by atoms with van der Waals surface area (Å²) in [5, 5.41) is 2.67. The maximum Gasteiger partial charge on any atom is 0.325 e. The molecule has 2 aliphatic heterocycles. The molecule has 2 saturated heterocycles. The molecule has 0 aromatic heterocycles. The van der Waals surface area contributed by atoms with Crippen LogP contribution < -0.4 is 10.1 Å². The number of hydrogen-bond donors (Lipinski definition) is 1. The number of carbonyl (C=O) groups is 3. The van der Waals surface area contributed by atoms with Crippen molar-refractivity contribution in [3.8, 4) is 5.75 Å². The molecule has 7 heteroatoms. The molecular formula is C19H25N3O4. The number of benzene rings is 1. The normalized spacial score (nSPS) is 23.4. The number of amides is 3. The van der Waals surface area contributed by atoms with Crippen molar-refractivity contribution in [3.63, 3.8) is 0 Å². The molecule has 7 nitrogen and oxygen atoms in total. The van der Waals surface area contributed by atoms with Crippen molar-refractivity contribution >= 4 is 17.7 Å². The van der Waals surface area contributed by atoms with Crippen molar-refractivity contribution in [1.82, 2.24) is 15.1 Å². The van der Waals surface area contributed by atoms with Crippen LogP contribution in [-0.4, -0.2) is 65.8 Å². The third-order valence-electron chi connectivity index (χ3n) is 4.93. The van der Waals surface area contributed by atoms with Gasteiger partial charge in [-0.2, -0.15) is 0 Å². The van der Waals surface area contributed by atoms with E-state index in [2.05, 4.69) is 10.2 Å². The summed E-state index contributed by atoms with van der Waals surface area (Å²) in [4.78, 5) is 38.9. The van der Waals surface area contributed by atoms with Crippen LogP contribution in [0.15, 0.2) is 24.3 Å². The number of ketones is 1. The predicted octanol–water partition coefficient (Wildman–Crippen LogP) is 1.67. The minimum Gasteiger partial charge on any atom is -0.494 e. The van der Waals surface area contributed by atoms with Crippen molar-refractivity contribution in [2.24, 2.45) is 0 Å². The number of nitrogens with zero attached hydrogens (tertiary/aromatic N) is 2. The van der Waals surface area contributed by atoms with Crippen LogP contribution >= 0.6 is 0 Å². The zero-order valence-corrected chi connectivity index (χ0v) is 15.2. The van der Waals surface area contributed by atoms with Crippen LogP contribution in [0.4, 0.5) is 4.79 Å². The minimum absolute atomic E-state index is 0.0347. The first kappa shape index (κ1) is 18.4. The molecule has 2 aliphatic rings. The van der Waals surface area contributed by atoms with Gasteiger partial charge in [0.05, 0.1) is 12.6 Å². The van der Waals surface area contributed by atoms with Crippen LogP contribution in [0.1, 0.15) is 37.0 Å². The van der Waals surface area contributed by atoms with E-state index in [9.17, 15) is 14.4 Å². The van der Waals surface area contributed by atoms with Gasteiger partial charge in [-0.3, -0.25) is 14.5 Å². The number of carbonyl (C=O) groups excluding carboxylic acids is 3. The van der Waals surface area contributed by atoms with Crippen LogP contribution in [0.3, 0.4) is 0 Å². The molecule has 140 valence electrons. The Hall–Kier alpha value is -2.41. The predicted molar refractivity (Wildman–Crippen MR) is 96.2 cm³/mol. The molecule has 0 saturated carbocycles. The topological polar surface area (TPSA) is 79.0 Å². The fourth-order valence-corrected chi connectivity index (χ4v) is 3.46. The van der Waals surface area contributed by atoms with Crippen molar-refractivity contribution in [3.05, 3.63) is 29.8 Å². The summed E-state index contributed by atoms with van der Waals surface area (Å²) in [6.07, 6.45) is 1.68. The van der Waals surface area contributed by atoms with Gasteiger partial charge in [0, 0.05) is 25.2 Å². The molecule has 0 radical (unpaired) electrons. The zero-order chi connectivity index (χ0) is 18.7. The highest BCUT2D eigenvalue weighted by Crippen LogP contribution is 2.20. The Balaban J connectivity index is 1.39. The molecular weight excluding hydrogens is 334 g/mol. The second-order valence-corrected chi connectivity index (χ2v) is 6.91. The maximum absolute atomic E-state index is 12.1. The van der Waals surface area contributed by atoms with E-state index in [0.717, 1.165) is 38.2 Å². The number of hydrogen-bond acceptors (Lipinski definition) is 5. The lowest BCUT2D eigenvalue weighted by molar-refractivity contribution is -0.128. The van der Waals surface area contributed by atoms with Gasteiger partial charge >= 0.3 is 6.03 Å². The molecule has 1 aromatic rings. The quantitative estimate of drug-likeness (QED) is 0.455. The number of urea groups is 1. The van der Waals surface area contributed by atoms with Gasteiger partial charge in [-0.15, -0.1) is 0 Å². The Morgan fingerprint density at radius 3 is 2.62 bits per heavy atom. The van der Waals surface area contributed by atoms with Crippen LogP contribution in [0.25, 0.3) is 0 Å². The lowest BCUT2D eigenvalue weighted by Crippen LogP contribution is -2.42. The molecule has 3 amide bonds. The molecule has 3 rings (SSSR count). The SMILES string of the molecule is CC(=O)c1ccc(OCCCN2CCC(N3C(=O)NC(C)C3=O)C2)cc1. The molecule has 1 N–H and O–H groups in total. The van der Waals surface area contributed by atoms with E-state index in [1.165, 1.54) is 4.90 Å². The van der Waals surface area contributed by atoms with Crippen LogP contribution in [0.2, 0.25) is 0 Å². The van der Waals surface area contributed by atoms with Gasteiger partial charge < -0.3 is 15.0 Å². The summed E-state index contributed by atoms with van der Waals surface area (Å²) >= 11 is 0. The number of ether oxygens (including phenoxy) is 1. The summed E-state index contributed by atoms with van der Waals surface area (Å²) in [5.74, 6) is 0.668. The van der Waals surface area contributed by atoms with Crippen molar-refractivity contribution in [2.45, 2.75) is 38.8 Å². The molecule has 0 spiro atoms. The van der Waals surface area contributed by atoms with Gasteiger partial charge in [0.25, 0.3) is 5.91 Å². The summed E-state index contributed by atoms with van der Waals surface area (Å²) in [6.45, 7) is 6.30. The van der Waals surface area contributed by atoms with Gasteiger partial charge in [0.2, 0.25) is 0 Å². The second kappa shape index (κ2) is 7.86. The van der Waals surface area contributed by atoms with E-state index in [0.29, 0.717) is 12.2 Å². The van der Waals surface area contributed by atoms with E-state index in [-0.39, 0.29) is 23.8 Å². The molecule has 2 heterocycles. The molecule has 2 fully saturated rings. The maximum atomic E-state index is 12.1. The molecule has 1 aromatic carbocycles. The lowest BCUT2D eigenvalue weighted by Gasteiger charge is -2.21. The van der Waals surface area contributed by atoms with E-state index in [4.69, 9.17) is 4.74 Å². The van der Waals surface area contributed by atoms with Gasteiger partial charge in [0.15, 0.2) is 5.78 Å². The molecule has 2 unspecified atom stereocenters. The van der Waals surface area contributed by atoms with E-state index < -0.39 is 6.04 Å². The fourth-order valence-electron chi connectivity index (χ4n) is 3.46. The third kappa shape index (κ3) is 4.04. The number of nitrogens with one attached hydrogen (secondary N) is 1.